The SMILES string of the molecule is OCC(F)(F)F.[LiH].[Li][CH2]CCC. The molecule has 0 aliphatic rings. The number of alkyl halides is 3. The van der Waals surface area contributed by atoms with Crippen LogP contribution in [0.5, 0.6) is 0 Å². The molecule has 0 heterocycles. The van der Waals surface area contributed by atoms with E-state index in [1.807, 2.05) is 0 Å². The van der Waals surface area contributed by atoms with E-state index in [2.05, 4.69) is 24.6 Å². The summed E-state index contributed by atoms with van der Waals surface area (Å²) in [5.41, 5.74) is 0. The number of rotatable bonds is 2. The van der Waals surface area contributed by atoms with E-state index in [1.165, 1.54) is 17.9 Å². The molecule has 0 saturated carbocycles. The zero-order valence-corrected chi connectivity index (χ0v) is 6.91. The fourth-order valence-corrected chi connectivity index (χ4v) is 0.354. The Bertz CT molecular complexity index is 75.7. The van der Waals surface area contributed by atoms with Crippen molar-refractivity contribution in [2.24, 2.45) is 0 Å². The van der Waals surface area contributed by atoms with Crippen LogP contribution in [-0.4, -0.2) is 54.5 Å². The fraction of sp³-hybridized carbons (Fsp3) is 1.00. The van der Waals surface area contributed by atoms with Gasteiger partial charge in [-0.1, -0.05) is 0 Å². The van der Waals surface area contributed by atoms with Crippen LogP contribution in [0.4, 0.5) is 13.2 Å². The van der Waals surface area contributed by atoms with Crippen LogP contribution in [0.1, 0.15) is 19.8 Å². The summed E-state index contributed by atoms with van der Waals surface area (Å²) in [5, 5.41) is 8.62. The Balaban J connectivity index is -0.000000126. The number of aliphatic hydroxyl groups is 1. The third-order valence-corrected chi connectivity index (χ3v) is 0.886. The fourth-order valence-electron chi connectivity index (χ4n) is 0.354. The molecule has 12 heavy (non-hydrogen) atoms. The molecule has 0 aromatic rings. The Morgan fingerprint density at radius 1 is 1.33 bits per heavy atom. The van der Waals surface area contributed by atoms with Crippen molar-refractivity contribution in [2.75, 3.05) is 6.61 Å². The van der Waals surface area contributed by atoms with Gasteiger partial charge >= 0.3 is 67.6 Å². The third kappa shape index (κ3) is 30.6. The molecule has 0 fully saturated rings. The molecule has 0 aliphatic heterocycles. The van der Waals surface area contributed by atoms with Gasteiger partial charge in [0, 0.05) is 0 Å². The molecule has 0 saturated heterocycles. The molecule has 0 aromatic carbocycles. The van der Waals surface area contributed by atoms with E-state index in [0.717, 1.165) is 0 Å². The van der Waals surface area contributed by atoms with Gasteiger partial charge in [0.2, 0.25) is 0 Å². The van der Waals surface area contributed by atoms with E-state index < -0.39 is 12.8 Å². The number of aliphatic hydroxyl groups excluding tert-OH is 1. The van der Waals surface area contributed by atoms with E-state index in [-0.39, 0.29) is 18.9 Å². The first kappa shape index (κ1) is 18.7. The Hall–Kier alpha value is 0.945. The van der Waals surface area contributed by atoms with Gasteiger partial charge in [-0.2, -0.15) is 13.2 Å². The maximum absolute atomic E-state index is 10.5. The van der Waals surface area contributed by atoms with Crippen molar-refractivity contribution in [1.29, 1.82) is 0 Å². The second-order valence-corrected chi connectivity index (χ2v) is 2.13. The van der Waals surface area contributed by atoms with E-state index in [1.54, 1.807) is 0 Å². The topological polar surface area (TPSA) is 20.2 Å². The molecule has 0 amide bonds. The minimum absolute atomic E-state index is 0. The Kier molecular flexibility index (Phi) is 18.6. The normalized spacial score (nSPS) is 9.58. The molecular weight excluding hydrogens is 159 g/mol. The van der Waals surface area contributed by atoms with Crippen molar-refractivity contribution in [3.05, 3.63) is 0 Å². The molecule has 1 N–H and O–H groups in total. The first-order valence-corrected chi connectivity index (χ1v) is 3.65. The van der Waals surface area contributed by atoms with Crippen LogP contribution in [0.25, 0.3) is 0 Å². The van der Waals surface area contributed by atoms with Gasteiger partial charge in [0.15, 0.2) is 0 Å². The molecule has 0 spiro atoms. The summed E-state index contributed by atoms with van der Waals surface area (Å²) < 4.78 is 31.6. The van der Waals surface area contributed by atoms with Crippen molar-refractivity contribution in [1.82, 2.24) is 0 Å². The monoisotopic (exact) mass is 172 g/mol. The van der Waals surface area contributed by atoms with Crippen LogP contribution in [-0.2, 0) is 0 Å². The summed E-state index contributed by atoms with van der Waals surface area (Å²) in [5.74, 6) is 0. The van der Waals surface area contributed by atoms with Crippen molar-refractivity contribution in [3.63, 3.8) is 0 Å². The molecule has 0 radical (unpaired) electrons. The molecule has 0 aromatic heterocycles. The summed E-state index contributed by atoms with van der Waals surface area (Å²) in [6.45, 7) is 0.483. The van der Waals surface area contributed by atoms with Gasteiger partial charge in [-0.3, -0.25) is 0 Å². The summed E-state index contributed by atoms with van der Waals surface area (Å²) in [7, 11) is 0. The quantitative estimate of drug-likeness (QED) is 0.621. The van der Waals surface area contributed by atoms with Gasteiger partial charge < -0.3 is 5.11 Å². The first-order chi connectivity index (χ1) is 4.97. The van der Waals surface area contributed by atoms with Gasteiger partial charge in [0.25, 0.3) is 0 Å². The molecule has 0 rings (SSSR count). The summed E-state index contributed by atoms with van der Waals surface area (Å²) in [4.78, 5) is 0. The number of halogens is 3. The summed E-state index contributed by atoms with van der Waals surface area (Å²) >= 11 is 2.21. The van der Waals surface area contributed by atoms with Crippen molar-refractivity contribution in [2.45, 2.75) is 31.0 Å². The zero-order chi connectivity index (χ0) is 9.33. The summed E-state index contributed by atoms with van der Waals surface area (Å²) in [6.07, 6.45) is -1.67. The van der Waals surface area contributed by atoms with Crippen LogP contribution in [0.2, 0.25) is 5.09 Å². The second-order valence-electron chi connectivity index (χ2n) is 2.13. The molecular formula is C6H13F3Li2O. The average Bonchev–Trinajstić information content (AvgIpc) is 1.90. The van der Waals surface area contributed by atoms with Crippen molar-refractivity contribution in [3.8, 4) is 0 Å². The van der Waals surface area contributed by atoms with Crippen LogP contribution in [0.3, 0.4) is 0 Å². The van der Waals surface area contributed by atoms with Gasteiger partial charge in [0.1, 0.15) is 6.61 Å². The third-order valence-electron chi connectivity index (χ3n) is 0.886. The predicted molar refractivity (Wildman–Crippen MR) is 45.8 cm³/mol. The predicted octanol–water partition coefficient (Wildman–Crippen LogP) is 1.27. The standard InChI is InChI=1S/C4H9.C2H3F3O.2Li.H/c1-3-4-2;3-2(4,5)1-6;;;/h1,3-4H2,2H3;6H,1H2;;;. The Morgan fingerprint density at radius 2 is 1.67 bits per heavy atom. The Labute approximate surface area is 92.5 Å². The van der Waals surface area contributed by atoms with E-state index in [4.69, 9.17) is 5.11 Å². The van der Waals surface area contributed by atoms with E-state index in [9.17, 15) is 13.2 Å². The number of hydrogen-bond donors (Lipinski definition) is 1. The maximum atomic E-state index is 10.5. The number of unbranched alkanes of at least 4 members (excludes halogenated alkanes) is 1. The van der Waals surface area contributed by atoms with E-state index in [0.29, 0.717) is 0 Å². The summed E-state index contributed by atoms with van der Waals surface area (Å²) in [6, 6.07) is 0. The van der Waals surface area contributed by atoms with Crippen molar-refractivity contribution < 1.29 is 18.3 Å². The zero-order valence-electron chi connectivity index (χ0n) is 6.91. The van der Waals surface area contributed by atoms with Gasteiger partial charge in [-0.25, -0.2) is 0 Å². The minimum atomic E-state index is -4.40. The second kappa shape index (κ2) is 11.9. The van der Waals surface area contributed by atoms with Crippen LogP contribution in [0.15, 0.2) is 0 Å². The van der Waals surface area contributed by atoms with Gasteiger partial charge in [-0.15, -0.1) is 0 Å². The molecule has 0 atom stereocenters. The molecule has 0 unspecified atom stereocenters. The van der Waals surface area contributed by atoms with Gasteiger partial charge in [-0.05, 0) is 0 Å². The average molecular weight is 172 g/mol. The molecule has 1 nitrogen and oxygen atoms in total. The Morgan fingerprint density at radius 3 is 1.67 bits per heavy atom. The molecule has 6 heteroatoms. The van der Waals surface area contributed by atoms with Crippen LogP contribution in [0, 0.1) is 0 Å². The molecule has 0 bridgehead atoms. The van der Waals surface area contributed by atoms with Crippen molar-refractivity contribution >= 4 is 36.6 Å². The van der Waals surface area contributed by atoms with E-state index >= 15 is 0 Å². The van der Waals surface area contributed by atoms with Crippen LogP contribution >= 0.6 is 0 Å². The first-order valence-electron chi connectivity index (χ1n) is 3.65. The van der Waals surface area contributed by atoms with Crippen LogP contribution < -0.4 is 0 Å². The number of hydrogen-bond acceptors (Lipinski definition) is 1. The molecule has 66 valence electrons. The van der Waals surface area contributed by atoms with Gasteiger partial charge in [0.05, 0.1) is 0 Å². The molecule has 0 aliphatic carbocycles.